The van der Waals surface area contributed by atoms with E-state index in [9.17, 15) is 9.50 Å². The SMILES string of the molecule is CCn1cncc1CN1CCC(O)(Cc2ccc(F)cc2)C1. The Bertz CT molecular complexity index is 625. The molecule has 1 aliphatic heterocycles. The summed E-state index contributed by atoms with van der Waals surface area (Å²) in [5, 5.41) is 10.8. The maximum absolute atomic E-state index is 13.0. The van der Waals surface area contributed by atoms with Gasteiger partial charge in [-0.15, -0.1) is 0 Å². The van der Waals surface area contributed by atoms with Crippen molar-refractivity contribution in [2.24, 2.45) is 0 Å². The molecule has 118 valence electrons. The quantitative estimate of drug-likeness (QED) is 0.921. The van der Waals surface area contributed by atoms with Crippen LogP contribution in [0.3, 0.4) is 0 Å². The highest BCUT2D eigenvalue weighted by Gasteiger charge is 2.36. The standard InChI is InChI=1S/C17H22FN3O/c1-2-21-13-19-10-16(21)11-20-8-7-17(22,12-20)9-14-3-5-15(18)6-4-14/h3-6,10,13,22H,2,7-9,11-12H2,1H3. The molecule has 1 atom stereocenters. The molecule has 1 aliphatic rings. The second-order valence-electron chi connectivity index (χ2n) is 6.16. The first-order valence-electron chi connectivity index (χ1n) is 7.76. The Morgan fingerprint density at radius 3 is 2.82 bits per heavy atom. The second kappa shape index (κ2) is 6.18. The molecule has 22 heavy (non-hydrogen) atoms. The van der Waals surface area contributed by atoms with Crippen molar-refractivity contribution in [3.8, 4) is 0 Å². The van der Waals surface area contributed by atoms with Crippen LogP contribution in [-0.4, -0.2) is 38.2 Å². The van der Waals surface area contributed by atoms with Crippen LogP contribution in [-0.2, 0) is 19.5 Å². The van der Waals surface area contributed by atoms with Gasteiger partial charge in [-0.2, -0.15) is 0 Å². The van der Waals surface area contributed by atoms with Gasteiger partial charge >= 0.3 is 0 Å². The van der Waals surface area contributed by atoms with Gasteiger partial charge in [-0.3, -0.25) is 4.90 Å². The zero-order valence-electron chi connectivity index (χ0n) is 12.9. The Kier molecular flexibility index (Phi) is 4.27. The second-order valence-corrected chi connectivity index (χ2v) is 6.16. The molecule has 0 spiro atoms. The van der Waals surface area contributed by atoms with E-state index in [0.717, 1.165) is 31.6 Å². The summed E-state index contributed by atoms with van der Waals surface area (Å²) < 4.78 is 15.1. The average Bonchev–Trinajstić information content (AvgIpc) is 3.09. The molecule has 1 fully saturated rings. The van der Waals surface area contributed by atoms with Gasteiger partial charge in [-0.25, -0.2) is 9.37 Å². The molecule has 0 radical (unpaired) electrons. The van der Waals surface area contributed by atoms with E-state index in [-0.39, 0.29) is 5.82 Å². The number of aryl methyl sites for hydroxylation is 1. The normalized spacial score (nSPS) is 22.3. The van der Waals surface area contributed by atoms with Gasteiger partial charge in [0.1, 0.15) is 5.82 Å². The Morgan fingerprint density at radius 1 is 1.32 bits per heavy atom. The minimum atomic E-state index is -0.727. The fraction of sp³-hybridized carbons (Fsp3) is 0.471. The summed E-state index contributed by atoms with van der Waals surface area (Å²) in [7, 11) is 0. The van der Waals surface area contributed by atoms with Crippen molar-refractivity contribution in [1.82, 2.24) is 14.5 Å². The highest BCUT2D eigenvalue weighted by atomic mass is 19.1. The monoisotopic (exact) mass is 303 g/mol. The van der Waals surface area contributed by atoms with Crippen LogP contribution in [0, 0.1) is 5.82 Å². The Labute approximate surface area is 130 Å². The van der Waals surface area contributed by atoms with E-state index >= 15 is 0 Å². The van der Waals surface area contributed by atoms with Crippen LogP contribution in [0.1, 0.15) is 24.6 Å². The largest absolute Gasteiger partial charge is 0.388 e. The molecular weight excluding hydrogens is 281 g/mol. The lowest BCUT2D eigenvalue weighted by molar-refractivity contribution is 0.0485. The van der Waals surface area contributed by atoms with E-state index in [1.807, 2.05) is 12.5 Å². The maximum Gasteiger partial charge on any atom is 0.123 e. The molecule has 2 aromatic rings. The lowest BCUT2D eigenvalue weighted by Crippen LogP contribution is -2.35. The van der Waals surface area contributed by atoms with Gasteiger partial charge in [-0.1, -0.05) is 12.1 Å². The van der Waals surface area contributed by atoms with Crippen molar-refractivity contribution in [1.29, 1.82) is 0 Å². The molecule has 1 saturated heterocycles. The highest BCUT2D eigenvalue weighted by Crippen LogP contribution is 2.26. The van der Waals surface area contributed by atoms with Crippen molar-refractivity contribution in [3.05, 3.63) is 53.9 Å². The van der Waals surface area contributed by atoms with E-state index in [4.69, 9.17) is 0 Å². The predicted octanol–water partition coefficient (Wildman–Crippen LogP) is 2.22. The van der Waals surface area contributed by atoms with E-state index in [2.05, 4.69) is 21.4 Å². The average molecular weight is 303 g/mol. The van der Waals surface area contributed by atoms with Crippen LogP contribution >= 0.6 is 0 Å². The summed E-state index contributed by atoms with van der Waals surface area (Å²) in [6.07, 6.45) is 5.04. The van der Waals surface area contributed by atoms with Crippen molar-refractivity contribution >= 4 is 0 Å². The van der Waals surface area contributed by atoms with Crippen molar-refractivity contribution in [2.45, 2.75) is 38.5 Å². The molecule has 3 rings (SSSR count). The third kappa shape index (κ3) is 3.36. The van der Waals surface area contributed by atoms with Crippen LogP contribution in [0.4, 0.5) is 4.39 Å². The molecule has 1 unspecified atom stereocenters. The molecule has 1 aromatic carbocycles. The predicted molar refractivity (Wildman–Crippen MR) is 82.8 cm³/mol. The first-order valence-corrected chi connectivity index (χ1v) is 7.76. The Hall–Kier alpha value is -1.72. The minimum Gasteiger partial charge on any atom is -0.388 e. The number of rotatable bonds is 5. The third-order valence-electron chi connectivity index (χ3n) is 4.38. The van der Waals surface area contributed by atoms with E-state index in [1.54, 1.807) is 12.1 Å². The number of halogens is 1. The number of aliphatic hydroxyl groups is 1. The lowest BCUT2D eigenvalue weighted by atomic mass is 9.94. The van der Waals surface area contributed by atoms with Gasteiger partial charge in [-0.05, 0) is 31.0 Å². The van der Waals surface area contributed by atoms with E-state index in [0.29, 0.717) is 13.0 Å². The zero-order valence-corrected chi connectivity index (χ0v) is 12.9. The first-order chi connectivity index (χ1) is 10.6. The van der Waals surface area contributed by atoms with Crippen molar-refractivity contribution in [2.75, 3.05) is 13.1 Å². The smallest absolute Gasteiger partial charge is 0.123 e. The molecule has 1 N–H and O–H groups in total. The first kappa shape index (κ1) is 15.2. The van der Waals surface area contributed by atoms with Crippen molar-refractivity contribution in [3.63, 3.8) is 0 Å². The molecule has 4 nitrogen and oxygen atoms in total. The number of hydrogen-bond acceptors (Lipinski definition) is 3. The number of β-amino-alcohol motifs (C(OH)–C–C–N with tert-alkyl or cyclic N) is 1. The number of likely N-dealkylation sites (tertiary alicyclic amines) is 1. The van der Waals surface area contributed by atoms with Crippen molar-refractivity contribution < 1.29 is 9.50 Å². The van der Waals surface area contributed by atoms with Gasteiger partial charge in [0.2, 0.25) is 0 Å². The molecular formula is C17H22FN3O. The summed E-state index contributed by atoms with van der Waals surface area (Å²) in [4.78, 5) is 6.44. The Balaban J connectivity index is 1.62. The van der Waals surface area contributed by atoms with Crippen LogP contribution in [0.15, 0.2) is 36.8 Å². The van der Waals surface area contributed by atoms with Crippen LogP contribution < -0.4 is 0 Å². The summed E-state index contributed by atoms with van der Waals surface area (Å²) in [6, 6.07) is 6.40. The highest BCUT2D eigenvalue weighted by molar-refractivity contribution is 5.19. The van der Waals surface area contributed by atoms with Crippen LogP contribution in [0.5, 0.6) is 0 Å². The summed E-state index contributed by atoms with van der Waals surface area (Å²) in [5.41, 5.74) is 1.42. The topological polar surface area (TPSA) is 41.3 Å². The fourth-order valence-electron chi connectivity index (χ4n) is 3.20. The number of hydrogen-bond donors (Lipinski definition) is 1. The molecule has 0 aliphatic carbocycles. The lowest BCUT2D eigenvalue weighted by Gasteiger charge is -2.24. The molecule has 1 aromatic heterocycles. The van der Waals surface area contributed by atoms with E-state index < -0.39 is 5.60 Å². The molecule has 0 bridgehead atoms. The number of nitrogens with zero attached hydrogens (tertiary/aromatic N) is 3. The van der Waals surface area contributed by atoms with Gasteiger partial charge in [0.15, 0.2) is 0 Å². The number of benzene rings is 1. The zero-order chi connectivity index (χ0) is 15.6. The molecule has 0 saturated carbocycles. The number of aromatic nitrogens is 2. The summed E-state index contributed by atoms with van der Waals surface area (Å²) >= 11 is 0. The van der Waals surface area contributed by atoms with Gasteiger partial charge in [0.05, 0.1) is 17.6 Å². The van der Waals surface area contributed by atoms with E-state index in [1.165, 1.54) is 17.8 Å². The van der Waals surface area contributed by atoms with Gasteiger partial charge in [0, 0.05) is 38.8 Å². The molecule has 2 heterocycles. The van der Waals surface area contributed by atoms with Gasteiger partial charge in [0.25, 0.3) is 0 Å². The van der Waals surface area contributed by atoms with Crippen LogP contribution in [0.2, 0.25) is 0 Å². The maximum atomic E-state index is 13.0. The molecule has 0 amide bonds. The summed E-state index contributed by atoms with van der Waals surface area (Å²) in [5.74, 6) is -0.239. The Morgan fingerprint density at radius 2 is 2.09 bits per heavy atom. The third-order valence-corrected chi connectivity index (χ3v) is 4.38. The van der Waals surface area contributed by atoms with Crippen LogP contribution in [0.25, 0.3) is 0 Å². The minimum absolute atomic E-state index is 0.239. The summed E-state index contributed by atoms with van der Waals surface area (Å²) in [6.45, 7) is 5.31. The molecule has 5 heteroatoms. The van der Waals surface area contributed by atoms with Gasteiger partial charge < -0.3 is 9.67 Å². The number of imidazole rings is 1. The fourth-order valence-corrected chi connectivity index (χ4v) is 3.20.